The quantitative estimate of drug-likeness (QED) is 0.850. The van der Waals surface area contributed by atoms with Crippen molar-refractivity contribution in [1.82, 2.24) is 10.3 Å². The predicted octanol–water partition coefficient (Wildman–Crippen LogP) is 3.14. The minimum atomic E-state index is 0.160. The van der Waals surface area contributed by atoms with Crippen LogP contribution in [-0.2, 0) is 11.8 Å². The van der Waals surface area contributed by atoms with E-state index in [2.05, 4.69) is 45.9 Å². The normalized spacial score (nSPS) is 25.4. The van der Waals surface area contributed by atoms with Crippen LogP contribution in [0.4, 0.5) is 5.69 Å². The summed E-state index contributed by atoms with van der Waals surface area (Å²) < 4.78 is 0. The van der Waals surface area contributed by atoms with E-state index in [1.807, 2.05) is 12.4 Å². The fourth-order valence-corrected chi connectivity index (χ4v) is 4.65. The summed E-state index contributed by atoms with van der Waals surface area (Å²) >= 11 is 0. The number of aromatic nitrogens is 1. The van der Waals surface area contributed by atoms with Crippen LogP contribution in [0.1, 0.15) is 29.5 Å². The first-order chi connectivity index (χ1) is 11.4. The first kappa shape index (κ1) is 13.3. The smallest absolute Gasteiger partial charge is 0.0450 e. The van der Waals surface area contributed by atoms with Crippen LogP contribution >= 0.6 is 0 Å². The Hall–Kier alpha value is -2.13. The highest BCUT2D eigenvalue weighted by molar-refractivity contribution is 5.83. The SMILES string of the molecule is c1cc2c3c(c1)C1=C(CCNC1)CC(c1ccncc1)(CN3)C2. The number of fused-ring (bicyclic) bond motifs is 1. The zero-order chi connectivity index (χ0) is 15.3. The second-order valence-electron chi connectivity index (χ2n) is 7.07. The van der Waals surface area contributed by atoms with E-state index in [-0.39, 0.29) is 5.41 Å². The number of hydrogen-bond acceptors (Lipinski definition) is 3. The average Bonchev–Trinajstić information content (AvgIpc) is 2.61. The molecule has 1 atom stereocenters. The average molecular weight is 303 g/mol. The molecule has 3 nitrogen and oxygen atoms in total. The van der Waals surface area contributed by atoms with E-state index in [1.54, 1.807) is 5.57 Å². The molecule has 1 aliphatic carbocycles. The molecule has 23 heavy (non-hydrogen) atoms. The lowest BCUT2D eigenvalue weighted by Gasteiger charge is -2.44. The maximum absolute atomic E-state index is 4.23. The molecule has 4 bridgehead atoms. The zero-order valence-corrected chi connectivity index (χ0v) is 13.2. The number of hydrogen-bond donors (Lipinski definition) is 2. The fourth-order valence-electron chi connectivity index (χ4n) is 4.65. The van der Waals surface area contributed by atoms with Gasteiger partial charge < -0.3 is 10.6 Å². The van der Waals surface area contributed by atoms with Crippen molar-refractivity contribution in [3.8, 4) is 0 Å². The predicted molar refractivity (Wildman–Crippen MR) is 93.6 cm³/mol. The second-order valence-corrected chi connectivity index (χ2v) is 7.07. The molecule has 6 rings (SSSR count). The molecule has 0 radical (unpaired) electrons. The first-order valence-electron chi connectivity index (χ1n) is 8.54. The van der Waals surface area contributed by atoms with Crippen LogP contribution in [0.25, 0.3) is 5.57 Å². The summed E-state index contributed by atoms with van der Waals surface area (Å²) in [6.07, 6.45) is 7.32. The Kier molecular flexibility index (Phi) is 2.86. The molecule has 0 amide bonds. The van der Waals surface area contributed by atoms with E-state index < -0.39 is 0 Å². The molecule has 3 heteroatoms. The van der Waals surface area contributed by atoms with Gasteiger partial charge in [-0.1, -0.05) is 23.8 Å². The van der Waals surface area contributed by atoms with Gasteiger partial charge in [0.2, 0.25) is 0 Å². The molecule has 0 fully saturated rings. The Balaban J connectivity index is 1.75. The van der Waals surface area contributed by atoms with Crippen LogP contribution in [0.15, 0.2) is 48.3 Å². The van der Waals surface area contributed by atoms with Crippen LogP contribution in [-0.4, -0.2) is 24.6 Å². The molecule has 4 aliphatic rings. The first-order valence-corrected chi connectivity index (χ1v) is 8.54. The summed E-state index contributed by atoms with van der Waals surface area (Å²) in [5.74, 6) is 0. The lowest BCUT2D eigenvalue weighted by molar-refractivity contribution is 0.419. The third-order valence-corrected chi connectivity index (χ3v) is 5.78. The molecule has 2 aromatic rings. The Bertz CT molecular complexity index is 794. The molecule has 0 saturated heterocycles. The van der Waals surface area contributed by atoms with Crippen molar-refractivity contribution in [3.05, 3.63) is 65.0 Å². The fraction of sp³-hybridized carbons (Fsp3) is 0.350. The van der Waals surface area contributed by atoms with E-state index >= 15 is 0 Å². The van der Waals surface area contributed by atoms with Gasteiger partial charge in [-0.25, -0.2) is 0 Å². The standard InChI is InChI=1S/C20H21N3/c1-2-15-11-20(16-5-8-21-9-6-16)10-14-4-7-22-12-18(14)17(3-1)19(15)23-13-20/h1-3,5-6,8-9,22-23H,4,7,10-13H2. The molecule has 1 unspecified atom stereocenters. The Morgan fingerprint density at radius 2 is 1.96 bits per heavy atom. The molecule has 1 aromatic carbocycles. The van der Waals surface area contributed by atoms with Gasteiger partial charge in [-0.2, -0.15) is 0 Å². The zero-order valence-electron chi connectivity index (χ0n) is 13.2. The van der Waals surface area contributed by atoms with Crippen molar-refractivity contribution in [1.29, 1.82) is 0 Å². The monoisotopic (exact) mass is 303 g/mol. The van der Waals surface area contributed by atoms with Crippen LogP contribution in [0.5, 0.6) is 0 Å². The van der Waals surface area contributed by atoms with Gasteiger partial charge in [-0.3, -0.25) is 4.98 Å². The van der Waals surface area contributed by atoms with Gasteiger partial charge in [0.1, 0.15) is 0 Å². The summed E-state index contributed by atoms with van der Waals surface area (Å²) in [6.45, 7) is 3.12. The van der Waals surface area contributed by atoms with Gasteiger partial charge in [0.25, 0.3) is 0 Å². The van der Waals surface area contributed by atoms with Gasteiger partial charge in [0, 0.05) is 42.1 Å². The lowest BCUT2D eigenvalue weighted by Crippen LogP contribution is -2.43. The maximum atomic E-state index is 4.23. The number of benzene rings is 1. The molecule has 0 saturated carbocycles. The number of anilines is 1. The molecule has 3 aliphatic heterocycles. The van der Waals surface area contributed by atoms with E-state index in [9.17, 15) is 0 Å². The van der Waals surface area contributed by atoms with Crippen molar-refractivity contribution >= 4 is 11.3 Å². The van der Waals surface area contributed by atoms with Crippen molar-refractivity contribution in [2.75, 3.05) is 25.0 Å². The Morgan fingerprint density at radius 3 is 2.87 bits per heavy atom. The molecule has 116 valence electrons. The molecule has 0 spiro atoms. The second kappa shape index (κ2) is 4.93. The third-order valence-electron chi connectivity index (χ3n) is 5.78. The van der Waals surface area contributed by atoms with Crippen molar-refractivity contribution < 1.29 is 0 Å². The van der Waals surface area contributed by atoms with Crippen LogP contribution in [0, 0.1) is 0 Å². The van der Waals surface area contributed by atoms with Gasteiger partial charge in [-0.05, 0) is 54.6 Å². The number of nitrogens with zero attached hydrogens (tertiary/aromatic N) is 1. The number of rotatable bonds is 1. The van der Waals surface area contributed by atoms with Crippen LogP contribution in [0.3, 0.4) is 0 Å². The summed E-state index contributed by atoms with van der Waals surface area (Å²) in [7, 11) is 0. The molecular formula is C20H21N3. The minimum Gasteiger partial charge on any atom is -0.383 e. The maximum Gasteiger partial charge on any atom is 0.0450 e. The van der Waals surface area contributed by atoms with E-state index in [4.69, 9.17) is 0 Å². The van der Waals surface area contributed by atoms with Crippen LogP contribution in [0.2, 0.25) is 0 Å². The highest BCUT2D eigenvalue weighted by atomic mass is 14.9. The lowest BCUT2D eigenvalue weighted by atomic mass is 9.66. The summed E-state index contributed by atoms with van der Waals surface area (Å²) in [5, 5.41) is 7.34. The highest BCUT2D eigenvalue weighted by Gasteiger charge is 2.40. The highest BCUT2D eigenvalue weighted by Crippen LogP contribution is 2.47. The van der Waals surface area contributed by atoms with Crippen molar-refractivity contribution in [3.63, 3.8) is 0 Å². The van der Waals surface area contributed by atoms with E-state index in [1.165, 1.54) is 34.4 Å². The molecule has 1 aromatic heterocycles. The number of nitrogens with one attached hydrogen (secondary N) is 2. The van der Waals surface area contributed by atoms with Gasteiger partial charge in [0.15, 0.2) is 0 Å². The van der Waals surface area contributed by atoms with Crippen LogP contribution < -0.4 is 10.6 Å². The largest absolute Gasteiger partial charge is 0.383 e. The van der Waals surface area contributed by atoms with Crippen molar-refractivity contribution in [2.45, 2.75) is 24.7 Å². The van der Waals surface area contributed by atoms with Gasteiger partial charge in [-0.15, -0.1) is 0 Å². The summed E-state index contributed by atoms with van der Waals surface area (Å²) in [6, 6.07) is 11.2. The van der Waals surface area contributed by atoms with Gasteiger partial charge in [0.05, 0.1) is 0 Å². The third kappa shape index (κ3) is 1.96. The van der Waals surface area contributed by atoms with Gasteiger partial charge >= 0.3 is 0 Å². The van der Waals surface area contributed by atoms with E-state index in [0.29, 0.717) is 0 Å². The Labute approximate surface area is 136 Å². The number of para-hydroxylation sites is 1. The summed E-state index contributed by atoms with van der Waals surface area (Å²) in [5.41, 5.74) is 9.01. The molecular weight excluding hydrogens is 282 g/mol. The topological polar surface area (TPSA) is 37.0 Å². The Morgan fingerprint density at radius 1 is 1.04 bits per heavy atom. The molecule has 2 N–H and O–H groups in total. The number of pyridine rings is 1. The minimum absolute atomic E-state index is 0.160. The van der Waals surface area contributed by atoms with E-state index in [0.717, 1.165) is 32.5 Å². The summed E-state index contributed by atoms with van der Waals surface area (Å²) in [4.78, 5) is 4.23. The molecule has 4 heterocycles. The van der Waals surface area contributed by atoms with Crippen molar-refractivity contribution in [2.24, 2.45) is 0 Å².